The van der Waals surface area contributed by atoms with E-state index in [1.807, 2.05) is 6.92 Å². The van der Waals surface area contributed by atoms with Crippen LogP contribution in [0, 0.1) is 5.92 Å². The van der Waals surface area contributed by atoms with Crippen molar-refractivity contribution in [1.82, 2.24) is 0 Å². The molecule has 126 valence electrons. The van der Waals surface area contributed by atoms with Gasteiger partial charge in [-0.3, -0.25) is 9.59 Å². The van der Waals surface area contributed by atoms with Crippen molar-refractivity contribution in [1.29, 1.82) is 0 Å². The summed E-state index contributed by atoms with van der Waals surface area (Å²) in [6, 6.07) is 0. The molecule has 0 amide bonds. The molecule has 0 aliphatic carbocycles. The first-order chi connectivity index (χ1) is 10.4. The second-order valence-corrected chi connectivity index (χ2v) is 5.27. The summed E-state index contributed by atoms with van der Waals surface area (Å²) in [6.07, 6.45) is 4.06. The van der Waals surface area contributed by atoms with Crippen molar-refractivity contribution in [3.63, 3.8) is 0 Å². The molecule has 6 nitrogen and oxygen atoms in total. The second-order valence-electron chi connectivity index (χ2n) is 5.27. The van der Waals surface area contributed by atoms with Gasteiger partial charge >= 0.3 is 5.97 Å². The normalized spacial score (nSPS) is 11.7. The van der Waals surface area contributed by atoms with Crippen LogP contribution in [0.3, 0.4) is 0 Å². The average molecular weight is 312 g/mol. The van der Waals surface area contributed by atoms with E-state index < -0.39 is 17.5 Å². The van der Waals surface area contributed by atoms with Gasteiger partial charge in [-0.1, -0.05) is 33.1 Å². The van der Waals surface area contributed by atoms with Crippen molar-refractivity contribution in [2.45, 2.75) is 46.5 Å². The molecule has 0 fully saturated rings. The van der Waals surface area contributed by atoms with E-state index in [-0.39, 0.29) is 36.8 Å². The maximum Gasteiger partial charge on any atom is 0.334 e. The van der Waals surface area contributed by atoms with Crippen molar-refractivity contribution in [2.24, 2.45) is 17.4 Å². The topological polar surface area (TPSA) is 112 Å². The van der Waals surface area contributed by atoms with Crippen molar-refractivity contribution in [2.75, 3.05) is 19.7 Å². The van der Waals surface area contributed by atoms with Gasteiger partial charge in [-0.25, -0.2) is 4.79 Å². The molecule has 0 heterocycles. The number of nitrogens with two attached hydrogens (primary N) is 2. The Labute approximate surface area is 132 Å². The van der Waals surface area contributed by atoms with Crippen molar-refractivity contribution < 1.29 is 19.1 Å². The number of ether oxygens (including phenoxy) is 1. The van der Waals surface area contributed by atoms with Crippen molar-refractivity contribution >= 4 is 17.5 Å². The lowest BCUT2D eigenvalue weighted by atomic mass is 9.99. The highest BCUT2D eigenvalue weighted by atomic mass is 16.5. The molecular weight excluding hydrogens is 284 g/mol. The second kappa shape index (κ2) is 11.1. The zero-order chi connectivity index (χ0) is 17.1. The Bertz CT molecular complexity index is 412. The van der Waals surface area contributed by atoms with Crippen LogP contribution in [-0.2, 0) is 19.1 Å². The third-order valence-electron chi connectivity index (χ3n) is 3.60. The summed E-state index contributed by atoms with van der Waals surface area (Å²) >= 11 is 0. The summed E-state index contributed by atoms with van der Waals surface area (Å²) in [4.78, 5) is 35.5. The Hall–Kier alpha value is -1.53. The Morgan fingerprint density at radius 1 is 1.05 bits per heavy atom. The highest BCUT2D eigenvalue weighted by Crippen LogP contribution is 2.15. The number of esters is 1. The minimum atomic E-state index is -0.659. The summed E-state index contributed by atoms with van der Waals surface area (Å²) in [7, 11) is 0. The number of carbonyl (C=O) groups excluding carboxylic acids is 3. The number of unbranched alkanes of at least 4 members (excludes halogenated alkanes) is 1. The van der Waals surface area contributed by atoms with E-state index >= 15 is 0 Å². The zero-order valence-corrected chi connectivity index (χ0v) is 13.8. The minimum Gasteiger partial charge on any atom is -0.462 e. The monoisotopic (exact) mass is 312 g/mol. The summed E-state index contributed by atoms with van der Waals surface area (Å²) in [5, 5.41) is 0. The molecule has 0 aromatic carbocycles. The lowest BCUT2D eigenvalue weighted by Crippen LogP contribution is -2.29. The molecule has 6 heteroatoms. The fourth-order valence-electron chi connectivity index (χ4n) is 2.08. The van der Waals surface area contributed by atoms with Gasteiger partial charge in [-0.2, -0.15) is 0 Å². The summed E-state index contributed by atoms with van der Waals surface area (Å²) < 4.78 is 5.24. The molecule has 0 radical (unpaired) electrons. The van der Waals surface area contributed by atoms with E-state index in [4.69, 9.17) is 16.2 Å². The molecule has 1 atom stereocenters. The van der Waals surface area contributed by atoms with Crippen LogP contribution < -0.4 is 11.5 Å². The molecule has 0 aromatic rings. The fraction of sp³-hybridized carbons (Fsp3) is 0.688. The molecule has 0 rings (SSSR count). The highest BCUT2D eigenvalue weighted by Gasteiger charge is 2.23. The Morgan fingerprint density at radius 3 is 2.00 bits per heavy atom. The Kier molecular flexibility index (Phi) is 10.3. The molecule has 1 unspecified atom stereocenters. The molecule has 0 saturated carbocycles. The first-order valence-corrected chi connectivity index (χ1v) is 7.77. The Balaban J connectivity index is 4.95. The number of hydrogen-bond donors (Lipinski definition) is 2. The zero-order valence-electron chi connectivity index (χ0n) is 13.8. The largest absolute Gasteiger partial charge is 0.462 e. The molecule has 0 bridgehead atoms. The number of carbonyl (C=O) groups is 3. The lowest BCUT2D eigenvalue weighted by Gasteiger charge is -2.15. The molecule has 22 heavy (non-hydrogen) atoms. The number of rotatable bonds is 11. The van der Waals surface area contributed by atoms with Crippen molar-refractivity contribution in [3.8, 4) is 0 Å². The van der Waals surface area contributed by atoms with Gasteiger partial charge in [-0.05, 0) is 19.3 Å². The molecule has 0 spiro atoms. The standard InChI is InChI=1S/C16H28N2O4/c1-4-6-7-12(5-2)10-22-16(21)11(3)15(13(19)8-17)14(20)9-18/h12H,4-10,17-18H2,1-3H3. The van der Waals surface area contributed by atoms with Crippen LogP contribution in [-0.4, -0.2) is 37.2 Å². The van der Waals surface area contributed by atoms with Crippen LogP contribution >= 0.6 is 0 Å². The van der Waals surface area contributed by atoms with Crippen molar-refractivity contribution in [3.05, 3.63) is 11.1 Å². The van der Waals surface area contributed by atoms with E-state index in [1.165, 1.54) is 6.92 Å². The van der Waals surface area contributed by atoms with Crippen LogP contribution in [0.4, 0.5) is 0 Å². The predicted molar refractivity (Wildman–Crippen MR) is 85.1 cm³/mol. The van der Waals surface area contributed by atoms with Gasteiger partial charge in [0.2, 0.25) is 0 Å². The number of hydrogen-bond acceptors (Lipinski definition) is 6. The molecule has 0 saturated heterocycles. The molecule has 4 N–H and O–H groups in total. The average Bonchev–Trinajstić information content (AvgIpc) is 2.54. The smallest absolute Gasteiger partial charge is 0.334 e. The number of Topliss-reactive ketones (excluding diaryl/α,β-unsaturated/α-hetero) is 2. The van der Waals surface area contributed by atoms with Gasteiger partial charge in [0.1, 0.15) is 0 Å². The first kappa shape index (κ1) is 20.5. The van der Waals surface area contributed by atoms with Crippen LogP contribution in [0.2, 0.25) is 0 Å². The van der Waals surface area contributed by atoms with E-state index in [2.05, 4.69) is 6.92 Å². The van der Waals surface area contributed by atoms with Crippen LogP contribution in [0.25, 0.3) is 0 Å². The van der Waals surface area contributed by atoms with Crippen LogP contribution in [0.5, 0.6) is 0 Å². The molecular formula is C16H28N2O4. The maximum atomic E-state index is 12.1. The third-order valence-corrected chi connectivity index (χ3v) is 3.60. The summed E-state index contributed by atoms with van der Waals surface area (Å²) in [5.74, 6) is -1.56. The van der Waals surface area contributed by atoms with Gasteiger partial charge < -0.3 is 16.2 Å². The summed E-state index contributed by atoms with van der Waals surface area (Å²) in [5.41, 5.74) is 10.3. The first-order valence-electron chi connectivity index (χ1n) is 7.77. The van der Waals surface area contributed by atoms with Gasteiger partial charge in [0.25, 0.3) is 0 Å². The molecule has 0 aliphatic rings. The van der Waals surface area contributed by atoms with E-state index in [1.54, 1.807) is 0 Å². The third kappa shape index (κ3) is 6.49. The minimum absolute atomic E-state index is 0.0174. The highest BCUT2D eigenvalue weighted by molar-refractivity contribution is 6.24. The van der Waals surface area contributed by atoms with Gasteiger partial charge in [0.15, 0.2) is 11.6 Å². The number of ketones is 2. The Morgan fingerprint density at radius 2 is 1.59 bits per heavy atom. The van der Waals surface area contributed by atoms with Crippen LogP contribution in [0.1, 0.15) is 46.5 Å². The van der Waals surface area contributed by atoms with Gasteiger partial charge in [0, 0.05) is 5.57 Å². The SMILES string of the molecule is CCCCC(CC)COC(=O)C(C)=C(C(=O)CN)C(=O)CN. The molecule has 0 aliphatic heterocycles. The molecule has 0 aromatic heterocycles. The van der Waals surface area contributed by atoms with Gasteiger partial charge in [0.05, 0.1) is 25.3 Å². The summed E-state index contributed by atoms with van der Waals surface area (Å²) in [6.45, 7) is 5.13. The fourth-order valence-corrected chi connectivity index (χ4v) is 2.08. The van der Waals surface area contributed by atoms with E-state index in [0.717, 1.165) is 25.7 Å². The lowest BCUT2D eigenvalue weighted by molar-refractivity contribution is -0.141. The van der Waals surface area contributed by atoms with Gasteiger partial charge in [-0.15, -0.1) is 0 Å². The van der Waals surface area contributed by atoms with E-state index in [0.29, 0.717) is 0 Å². The van der Waals surface area contributed by atoms with Crippen LogP contribution in [0.15, 0.2) is 11.1 Å². The van der Waals surface area contributed by atoms with E-state index in [9.17, 15) is 14.4 Å². The maximum absolute atomic E-state index is 12.1. The quantitative estimate of drug-likeness (QED) is 0.256. The predicted octanol–water partition coefficient (Wildman–Crippen LogP) is 1.12.